The van der Waals surface area contributed by atoms with E-state index in [4.69, 9.17) is 14.2 Å². The minimum absolute atomic E-state index is 0.0441. The lowest BCUT2D eigenvalue weighted by molar-refractivity contribution is -0.127. The Bertz CT molecular complexity index is 713. The molecule has 1 aromatic carbocycles. The monoisotopic (exact) mass is 419 g/mol. The second-order valence-corrected chi connectivity index (χ2v) is 6.87. The van der Waals surface area contributed by atoms with Gasteiger partial charge in [-0.2, -0.15) is 0 Å². The van der Waals surface area contributed by atoms with E-state index >= 15 is 0 Å². The predicted octanol–water partition coefficient (Wildman–Crippen LogP) is 1.76. The summed E-state index contributed by atoms with van der Waals surface area (Å²) < 4.78 is 16.0. The van der Waals surface area contributed by atoms with Crippen LogP contribution in [-0.2, 0) is 9.59 Å². The zero-order valence-corrected chi connectivity index (χ0v) is 18.8. The molecule has 0 spiro atoms. The third kappa shape index (κ3) is 8.16. The van der Waals surface area contributed by atoms with E-state index in [1.54, 1.807) is 47.6 Å². The molecule has 0 aromatic heterocycles. The molecule has 2 rings (SSSR count). The molecule has 30 heavy (non-hydrogen) atoms. The van der Waals surface area contributed by atoms with Gasteiger partial charge in [-0.25, -0.2) is 0 Å². The van der Waals surface area contributed by atoms with Crippen LogP contribution in [0.2, 0.25) is 0 Å². The van der Waals surface area contributed by atoms with Crippen LogP contribution < -0.4 is 14.2 Å². The minimum Gasteiger partial charge on any atom is -0.493 e. The first kappa shape index (κ1) is 25.0. The van der Waals surface area contributed by atoms with Gasteiger partial charge in [0.25, 0.3) is 0 Å². The van der Waals surface area contributed by atoms with Gasteiger partial charge in [-0.1, -0.05) is 18.2 Å². The minimum atomic E-state index is 0.0441. The van der Waals surface area contributed by atoms with Crippen molar-refractivity contribution >= 4 is 18.4 Å². The number of benzene rings is 1. The molecule has 0 N–H and O–H groups in total. The molecule has 8 nitrogen and oxygen atoms in total. The van der Waals surface area contributed by atoms with Crippen molar-refractivity contribution in [3.8, 4) is 17.2 Å². The van der Waals surface area contributed by atoms with Crippen molar-refractivity contribution in [3.05, 3.63) is 35.9 Å². The van der Waals surface area contributed by atoms with E-state index in [1.807, 2.05) is 29.2 Å². The molecule has 0 bridgehead atoms. The van der Waals surface area contributed by atoms with E-state index in [2.05, 4.69) is 11.9 Å². The largest absolute Gasteiger partial charge is 0.493 e. The highest BCUT2D eigenvalue weighted by molar-refractivity contribution is 5.88. The van der Waals surface area contributed by atoms with Crippen LogP contribution in [0.25, 0.3) is 6.08 Å². The van der Waals surface area contributed by atoms with Crippen LogP contribution in [-0.4, -0.2) is 95.7 Å². The number of carbonyl (C=O) groups excluding carboxylic acids is 2. The van der Waals surface area contributed by atoms with Gasteiger partial charge in [0.15, 0.2) is 11.5 Å². The Kier molecular flexibility index (Phi) is 11.1. The average Bonchev–Trinajstić information content (AvgIpc) is 2.76. The van der Waals surface area contributed by atoms with Gasteiger partial charge in [0.2, 0.25) is 18.1 Å². The predicted molar refractivity (Wildman–Crippen MR) is 118 cm³/mol. The van der Waals surface area contributed by atoms with Crippen molar-refractivity contribution in [1.29, 1.82) is 0 Å². The van der Waals surface area contributed by atoms with Crippen molar-refractivity contribution in [2.24, 2.45) is 0 Å². The fourth-order valence-electron chi connectivity index (χ4n) is 2.63. The van der Waals surface area contributed by atoms with Gasteiger partial charge in [-0.15, -0.1) is 0 Å². The van der Waals surface area contributed by atoms with Crippen LogP contribution in [0.4, 0.5) is 0 Å². The average molecular weight is 420 g/mol. The number of amides is 2. The number of methoxy groups -OCH3 is 3. The summed E-state index contributed by atoms with van der Waals surface area (Å²) in [5, 5.41) is 0. The van der Waals surface area contributed by atoms with E-state index in [9.17, 15) is 9.59 Å². The van der Waals surface area contributed by atoms with Gasteiger partial charge in [-0.3, -0.25) is 9.59 Å². The summed E-state index contributed by atoms with van der Waals surface area (Å²) >= 11 is 0. The van der Waals surface area contributed by atoms with Gasteiger partial charge < -0.3 is 28.9 Å². The highest BCUT2D eigenvalue weighted by atomic mass is 16.5. The first-order valence-electron chi connectivity index (χ1n) is 9.60. The number of nitrogens with zero attached hydrogens (tertiary/aromatic N) is 3. The number of hydrogen-bond donors (Lipinski definition) is 0. The summed E-state index contributed by atoms with van der Waals surface area (Å²) in [5.41, 5.74) is 0.895. The lowest BCUT2D eigenvalue weighted by atomic mass is 10.1. The van der Waals surface area contributed by atoms with Crippen molar-refractivity contribution < 1.29 is 23.8 Å². The lowest BCUT2D eigenvalue weighted by Crippen LogP contribution is -2.46. The van der Waals surface area contributed by atoms with E-state index in [1.165, 1.54) is 4.90 Å². The van der Waals surface area contributed by atoms with E-state index < -0.39 is 0 Å². The standard InChI is InChI=1S/C19H26N2O4.C3H7NO/c1-20-9-11-21(12-10-20)18(22)8-6-5-7-15-13-16(23-2)19(25-4)17(14-15)24-3;1-4(2)3-5/h5-8,13-14H,9-12H2,1-4H3;3H,1-2H3. The van der Waals surface area contributed by atoms with E-state index in [0.717, 1.165) is 38.2 Å². The molecular weight excluding hydrogens is 386 g/mol. The number of ether oxygens (including phenoxy) is 3. The van der Waals surface area contributed by atoms with Crippen LogP contribution in [0.15, 0.2) is 30.4 Å². The zero-order valence-electron chi connectivity index (χ0n) is 18.8. The Balaban J connectivity index is 0.000000804. The molecule has 1 aliphatic rings. The van der Waals surface area contributed by atoms with Crippen LogP contribution >= 0.6 is 0 Å². The van der Waals surface area contributed by atoms with Crippen LogP contribution in [0.5, 0.6) is 17.2 Å². The van der Waals surface area contributed by atoms with Crippen molar-refractivity contribution in [1.82, 2.24) is 14.7 Å². The summed E-state index contributed by atoms with van der Waals surface area (Å²) in [6.45, 7) is 3.38. The Morgan fingerprint density at radius 3 is 1.93 bits per heavy atom. The molecule has 1 fully saturated rings. The summed E-state index contributed by atoms with van der Waals surface area (Å²) in [5.74, 6) is 1.79. The fraction of sp³-hybridized carbons (Fsp3) is 0.455. The van der Waals surface area contributed by atoms with E-state index in [-0.39, 0.29) is 5.91 Å². The Morgan fingerprint density at radius 1 is 0.967 bits per heavy atom. The first-order valence-corrected chi connectivity index (χ1v) is 9.60. The topological polar surface area (TPSA) is 71.6 Å². The highest BCUT2D eigenvalue weighted by Gasteiger charge is 2.16. The van der Waals surface area contributed by atoms with Crippen molar-refractivity contribution in [3.63, 3.8) is 0 Å². The van der Waals surface area contributed by atoms with Gasteiger partial charge in [-0.05, 0) is 24.7 Å². The quantitative estimate of drug-likeness (QED) is 0.381. The normalized spacial score (nSPS) is 14.3. The molecule has 0 atom stereocenters. The van der Waals surface area contributed by atoms with Gasteiger partial charge in [0.1, 0.15) is 0 Å². The third-order valence-corrected chi connectivity index (χ3v) is 4.35. The summed E-state index contributed by atoms with van der Waals surface area (Å²) in [4.78, 5) is 27.1. The Labute approximate surface area is 179 Å². The summed E-state index contributed by atoms with van der Waals surface area (Å²) in [7, 11) is 10.2. The number of likely N-dealkylation sites (N-methyl/N-ethyl adjacent to an activating group) is 1. The second kappa shape index (κ2) is 13.3. The maximum atomic E-state index is 12.1. The summed E-state index contributed by atoms with van der Waals surface area (Å²) in [6.07, 6.45) is 7.82. The van der Waals surface area contributed by atoms with Crippen molar-refractivity contribution in [2.75, 3.05) is 68.7 Å². The molecule has 0 saturated carbocycles. The van der Waals surface area contributed by atoms with Gasteiger partial charge >= 0.3 is 0 Å². The molecule has 0 radical (unpaired) electrons. The maximum absolute atomic E-state index is 12.1. The maximum Gasteiger partial charge on any atom is 0.246 e. The smallest absolute Gasteiger partial charge is 0.246 e. The molecule has 1 aliphatic heterocycles. The van der Waals surface area contributed by atoms with Crippen LogP contribution in [0, 0.1) is 0 Å². The second-order valence-electron chi connectivity index (χ2n) is 6.87. The van der Waals surface area contributed by atoms with E-state index in [0.29, 0.717) is 17.2 Å². The SMILES string of the molecule is CN(C)C=O.COc1cc(C=CC=CC(=O)N2CCN(C)CC2)cc(OC)c1OC. The highest BCUT2D eigenvalue weighted by Crippen LogP contribution is 2.38. The number of allylic oxidation sites excluding steroid dienone is 2. The van der Waals surface area contributed by atoms with Crippen LogP contribution in [0.3, 0.4) is 0 Å². The molecule has 2 amide bonds. The molecular formula is C22H33N3O5. The van der Waals surface area contributed by atoms with Gasteiger partial charge in [0.05, 0.1) is 21.3 Å². The molecule has 166 valence electrons. The molecule has 1 heterocycles. The zero-order chi connectivity index (χ0) is 22.5. The Morgan fingerprint density at radius 2 is 1.50 bits per heavy atom. The fourth-order valence-corrected chi connectivity index (χ4v) is 2.63. The molecule has 1 aromatic rings. The molecule has 8 heteroatoms. The first-order chi connectivity index (χ1) is 14.4. The van der Waals surface area contributed by atoms with Gasteiger partial charge in [0, 0.05) is 46.4 Å². The lowest BCUT2D eigenvalue weighted by Gasteiger charge is -2.31. The van der Waals surface area contributed by atoms with Crippen LogP contribution in [0.1, 0.15) is 5.56 Å². The molecule has 1 saturated heterocycles. The number of carbonyl (C=O) groups is 2. The summed E-state index contributed by atoms with van der Waals surface area (Å²) in [6, 6.07) is 3.71. The van der Waals surface area contributed by atoms with Crippen molar-refractivity contribution in [2.45, 2.75) is 0 Å². The number of piperazine rings is 1. The third-order valence-electron chi connectivity index (χ3n) is 4.35. The Hall–Kier alpha value is -3.00. The molecule has 0 aliphatic carbocycles. The number of rotatable bonds is 7. The molecule has 0 unspecified atom stereocenters. The number of hydrogen-bond acceptors (Lipinski definition) is 6.